The molecule has 0 radical (unpaired) electrons. The third-order valence-corrected chi connectivity index (χ3v) is 2.60. The molecule has 0 atom stereocenters. The summed E-state index contributed by atoms with van der Waals surface area (Å²) >= 11 is 5.76. The van der Waals surface area contributed by atoms with Gasteiger partial charge in [0.1, 0.15) is 5.82 Å². The first-order valence-corrected chi connectivity index (χ1v) is 6.11. The van der Waals surface area contributed by atoms with E-state index < -0.39 is 0 Å². The van der Waals surface area contributed by atoms with Crippen LogP contribution in [0.2, 0.25) is 5.02 Å². The molecule has 0 bridgehead atoms. The van der Waals surface area contributed by atoms with Crippen molar-refractivity contribution in [3.8, 4) is 0 Å². The van der Waals surface area contributed by atoms with Crippen molar-refractivity contribution in [2.75, 3.05) is 6.54 Å². The maximum absolute atomic E-state index is 13.0. The van der Waals surface area contributed by atoms with Gasteiger partial charge in [0.15, 0.2) is 0 Å². The largest absolute Gasteiger partial charge is 0.313 e. The first kappa shape index (κ1) is 13.5. The van der Waals surface area contributed by atoms with Crippen LogP contribution in [0.1, 0.15) is 32.3 Å². The molecule has 0 heterocycles. The van der Waals surface area contributed by atoms with Crippen molar-refractivity contribution in [1.29, 1.82) is 0 Å². The molecule has 90 valence electrons. The highest BCUT2D eigenvalue weighted by atomic mass is 35.5. The number of nitrogens with one attached hydrogen (secondary N) is 1. The predicted molar refractivity (Wildman–Crippen MR) is 67.2 cm³/mol. The third kappa shape index (κ3) is 5.47. The maximum Gasteiger partial charge on any atom is 0.125 e. The Bertz CT molecular complexity index is 305. The monoisotopic (exact) mass is 243 g/mol. The minimum atomic E-state index is -0.272. The van der Waals surface area contributed by atoms with E-state index in [0.717, 1.165) is 24.4 Å². The van der Waals surface area contributed by atoms with E-state index in [1.807, 2.05) is 0 Å². The zero-order valence-corrected chi connectivity index (χ0v) is 10.6. The highest BCUT2D eigenvalue weighted by Gasteiger charge is 1.99. The van der Waals surface area contributed by atoms with Gasteiger partial charge in [-0.2, -0.15) is 0 Å². The van der Waals surface area contributed by atoms with E-state index in [0.29, 0.717) is 11.6 Å². The molecular formula is C13H19ClFN. The second-order valence-electron chi connectivity index (χ2n) is 4.49. The highest BCUT2D eigenvalue weighted by Crippen LogP contribution is 2.13. The Hall–Kier alpha value is -0.600. The molecule has 0 unspecified atom stereocenters. The molecule has 0 aromatic heterocycles. The Morgan fingerprint density at radius 3 is 2.69 bits per heavy atom. The summed E-state index contributed by atoms with van der Waals surface area (Å²) in [5.74, 6) is 0.469. The standard InChI is InChI=1S/C13H19ClFN/c1-10(2)4-3-5-16-9-11-6-12(14)8-13(15)7-11/h6-8,10,16H,3-5,9H2,1-2H3. The number of hydrogen-bond donors (Lipinski definition) is 1. The lowest BCUT2D eigenvalue weighted by atomic mass is 10.1. The summed E-state index contributed by atoms with van der Waals surface area (Å²) < 4.78 is 13.0. The lowest BCUT2D eigenvalue weighted by Gasteiger charge is -2.07. The molecule has 1 rings (SSSR count). The summed E-state index contributed by atoms with van der Waals surface area (Å²) in [5, 5.41) is 3.74. The van der Waals surface area contributed by atoms with E-state index in [2.05, 4.69) is 19.2 Å². The van der Waals surface area contributed by atoms with Gasteiger partial charge in [0, 0.05) is 11.6 Å². The van der Waals surface area contributed by atoms with Gasteiger partial charge in [-0.3, -0.25) is 0 Å². The number of rotatable bonds is 6. The van der Waals surface area contributed by atoms with Crippen LogP contribution in [-0.4, -0.2) is 6.54 Å². The van der Waals surface area contributed by atoms with Crippen molar-refractivity contribution in [2.45, 2.75) is 33.2 Å². The molecule has 0 saturated carbocycles. The van der Waals surface area contributed by atoms with Crippen LogP contribution < -0.4 is 5.32 Å². The van der Waals surface area contributed by atoms with Gasteiger partial charge >= 0.3 is 0 Å². The van der Waals surface area contributed by atoms with E-state index in [1.165, 1.54) is 18.6 Å². The summed E-state index contributed by atoms with van der Waals surface area (Å²) in [7, 11) is 0. The summed E-state index contributed by atoms with van der Waals surface area (Å²) in [4.78, 5) is 0. The predicted octanol–water partition coefficient (Wildman–Crippen LogP) is 4.00. The lowest BCUT2D eigenvalue weighted by molar-refractivity contribution is 0.527. The van der Waals surface area contributed by atoms with Crippen molar-refractivity contribution < 1.29 is 4.39 Å². The minimum absolute atomic E-state index is 0.272. The molecule has 0 aliphatic heterocycles. The Labute approximate surface area is 102 Å². The molecule has 0 amide bonds. The maximum atomic E-state index is 13.0. The van der Waals surface area contributed by atoms with Crippen LogP contribution in [-0.2, 0) is 6.54 Å². The van der Waals surface area contributed by atoms with Gasteiger partial charge in [-0.1, -0.05) is 25.4 Å². The third-order valence-electron chi connectivity index (χ3n) is 2.39. The molecule has 1 nitrogen and oxygen atoms in total. The zero-order valence-electron chi connectivity index (χ0n) is 9.89. The number of hydrogen-bond acceptors (Lipinski definition) is 1. The van der Waals surface area contributed by atoms with E-state index in [-0.39, 0.29) is 5.82 Å². The summed E-state index contributed by atoms with van der Waals surface area (Å²) in [6, 6.07) is 4.63. The Morgan fingerprint density at radius 1 is 1.31 bits per heavy atom. The Balaban J connectivity index is 2.26. The average Bonchev–Trinajstić information content (AvgIpc) is 2.15. The van der Waals surface area contributed by atoms with Crippen LogP contribution in [0.5, 0.6) is 0 Å². The van der Waals surface area contributed by atoms with Crippen molar-refractivity contribution in [3.63, 3.8) is 0 Å². The van der Waals surface area contributed by atoms with Crippen LogP contribution >= 0.6 is 11.6 Å². The summed E-state index contributed by atoms with van der Waals surface area (Å²) in [5.41, 5.74) is 0.898. The van der Waals surface area contributed by atoms with E-state index in [4.69, 9.17) is 11.6 Å². The molecule has 3 heteroatoms. The average molecular weight is 244 g/mol. The first-order valence-electron chi connectivity index (χ1n) is 5.73. The van der Waals surface area contributed by atoms with E-state index in [1.54, 1.807) is 6.07 Å². The normalized spacial score (nSPS) is 11.1. The van der Waals surface area contributed by atoms with Gasteiger partial charge < -0.3 is 5.32 Å². The Morgan fingerprint density at radius 2 is 2.06 bits per heavy atom. The van der Waals surface area contributed by atoms with Crippen LogP contribution in [0.3, 0.4) is 0 Å². The van der Waals surface area contributed by atoms with Gasteiger partial charge in [0.05, 0.1) is 0 Å². The minimum Gasteiger partial charge on any atom is -0.313 e. The summed E-state index contributed by atoms with van der Waals surface area (Å²) in [6.45, 7) is 6.07. The van der Waals surface area contributed by atoms with Gasteiger partial charge in [-0.05, 0) is 49.1 Å². The molecule has 1 aromatic carbocycles. The molecule has 0 fully saturated rings. The lowest BCUT2D eigenvalue weighted by Crippen LogP contribution is -2.15. The van der Waals surface area contributed by atoms with Gasteiger partial charge in [-0.25, -0.2) is 4.39 Å². The molecular weight excluding hydrogens is 225 g/mol. The SMILES string of the molecule is CC(C)CCCNCc1cc(F)cc(Cl)c1. The van der Waals surface area contributed by atoms with Crippen LogP contribution in [0.15, 0.2) is 18.2 Å². The number of benzene rings is 1. The van der Waals surface area contributed by atoms with E-state index >= 15 is 0 Å². The quantitative estimate of drug-likeness (QED) is 0.745. The fourth-order valence-electron chi connectivity index (χ4n) is 1.58. The van der Waals surface area contributed by atoms with Crippen molar-refractivity contribution >= 4 is 11.6 Å². The van der Waals surface area contributed by atoms with Gasteiger partial charge in [0.25, 0.3) is 0 Å². The number of halogens is 2. The molecule has 16 heavy (non-hydrogen) atoms. The van der Waals surface area contributed by atoms with Crippen LogP contribution in [0, 0.1) is 11.7 Å². The molecule has 1 aromatic rings. The first-order chi connectivity index (χ1) is 7.58. The Kier molecular flexibility index (Phi) is 5.78. The second kappa shape index (κ2) is 6.87. The fourth-order valence-corrected chi connectivity index (χ4v) is 1.83. The zero-order chi connectivity index (χ0) is 12.0. The van der Waals surface area contributed by atoms with Crippen molar-refractivity contribution in [3.05, 3.63) is 34.6 Å². The second-order valence-corrected chi connectivity index (χ2v) is 4.93. The van der Waals surface area contributed by atoms with Gasteiger partial charge in [-0.15, -0.1) is 0 Å². The summed E-state index contributed by atoms with van der Waals surface area (Å²) in [6.07, 6.45) is 2.37. The highest BCUT2D eigenvalue weighted by molar-refractivity contribution is 6.30. The fraction of sp³-hybridized carbons (Fsp3) is 0.538. The van der Waals surface area contributed by atoms with E-state index in [9.17, 15) is 4.39 Å². The molecule has 0 saturated heterocycles. The van der Waals surface area contributed by atoms with Gasteiger partial charge in [0.2, 0.25) is 0 Å². The molecule has 0 aliphatic rings. The smallest absolute Gasteiger partial charge is 0.125 e. The topological polar surface area (TPSA) is 12.0 Å². The molecule has 0 aliphatic carbocycles. The van der Waals surface area contributed by atoms with Crippen LogP contribution in [0.25, 0.3) is 0 Å². The molecule has 1 N–H and O–H groups in total. The molecule has 0 spiro atoms. The van der Waals surface area contributed by atoms with Crippen molar-refractivity contribution in [1.82, 2.24) is 5.32 Å². The van der Waals surface area contributed by atoms with Crippen LogP contribution in [0.4, 0.5) is 4.39 Å². The van der Waals surface area contributed by atoms with Crippen molar-refractivity contribution in [2.24, 2.45) is 5.92 Å².